The van der Waals surface area contributed by atoms with Crippen molar-refractivity contribution in [1.82, 2.24) is 5.32 Å². The van der Waals surface area contributed by atoms with E-state index < -0.39 is 0 Å². The zero-order valence-electron chi connectivity index (χ0n) is 11.2. The first-order valence-corrected chi connectivity index (χ1v) is 7.50. The average molecular weight is 251 g/mol. The van der Waals surface area contributed by atoms with Gasteiger partial charge in [0.1, 0.15) is 0 Å². The van der Waals surface area contributed by atoms with Crippen LogP contribution in [0.3, 0.4) is 0 Å². The quantitative estimate of drug-likeness (QED) is 0.641. The maximum absolute atomic E-state index is 3.98. The van der Waals surface area contributed by atoms with Crippen molar-refractivity contribution in [1.29, 1.82) is 0 Å². The first-order valence-electron chi connectivity index (χ1n) is 6.62. The van der Waals surface area contributed by atoms with Crippen LogP contribution in [0.5, 0.6) is 0 Å². The Morgan fingerprint density at radius 2 is 2.29 bits per heavy atom. The summed E-state index contributed by atoms with van der Waals surface area (Å²) < 4.78 is 0. The van der Waals surface area contributed by atoms with Crippen LogP contribution in [-0.2, 0) is 6.42 Å². The molecule has 0 fully saturated rings. The molecule has 0 aliphatic carbocycles. The zero-order chi connectivity index (χ0) is 12.5. The molecule has 1 N–H and O–H groups in total. The van der Waals surface area contributed by atoms with E-state index in [1.54, 1.807) is 0 Å². The van der Waals surface area contributed by atoms with Crippen molar-refractivity contribution in [2.45, 2.75) is 52.0 Å². The van der Waals surface area contributed by atoms with Crippen LogP contribution >= 0.6 is 11.3 Å². The fourth-order valence-electron chi connectivity index (χ4n) is 2.04. The largest absolute Gasteiger partial charge is 0.314 e. The maximum Gasteiger partial charge on any atom is 0.00701 e. The van der Waals surface area contributed by atoms with Gasteiger partial charge >= 0.3 is 0 Å². The summed E-state index contributed by atoms with van der Waals surface area (Å²) in [7, 11) is 0. The van der Waals surface area contributed by atoms with Gasteiger partial charge in [-0.05, 0) is 57.0 Å². The summed E-state index contributed by atoms with van der Waals surface area (Å²) in [5.41, 5.74) is 1.30. The molecule has 0 radical (unpaired) electrons. The molecule has 0 aromatic carbocycles. The lowest BCUT2D eigenvalue weighted by Crippen LogP contribution is -2.28. The molecule has 1 nitrogen and oxygen atoms in total. The number of hydrogen-bond acceptors (Lipinski definition) is 2. The fraction of sp³-hybridized carbons (Fsp3) is 0.600. The first kappa shape index (κ1) is 14.5. The van der Waals surface area contributed by atoms with Gasteiger partial charge in [0.25, 0.3) is 0 Å². The van der Waals surface area contributed by atoms with Crippen LogP contribution in [0.2, 0.25) is 0 Å². The highest BCUT2D eigenvalue weighted by molar-refractivity contribution is 7.09. The van der Waals surface area contributed by atoms with Gasteiger partial charge in [-0.15, -0.1) is 17.9 Å². The van der Waals surface area contributed by atoms with Crippen molar-refractivity contribution in [2.24, 2.45) is 0 Å². The van der Waals surface area contributed by atoms with Crippen LogP contribution < -0.4 is 5.32 Å². The minimum Gasteiger partial charge on any atom is -0.314 e. The molecule has 0 amide bonds. The molecule has 96 valence electrons. The molecule has 1 heterocycles. The van der Waals surface area contributed by atoms with Gasteiger partial charge in [0, 0.05) is 10.9 Å². The summed E-state index contributed by atoms with van der Waals surface area (Å²) >= 11 is 1.87. The van der Waals surface area contributed by atoms with E-state index in [2.05, 4.69) is 43.3 Å². The molecule has 0 saturated carbocycles. The minimum absolute atomic E-state index is 0.664. The van der Waals surface area contributed by atoms with Gasteiger partial charge < -0.3 is 5.32 Å². The molecule has 0 aliphatic heterocycles. The Hall–Kier alpha value is -0.600. The first-order chi connectivity index (χ1) is 8.22. The van der Waals surface area contributed by atoms with Gasteiger partial charge in [-0.3, -0.25) is 0 Å². The molecule has 2 heteroatoms. The summed E-state index contributed by atoms with van der Waals surface area (Å²) in [4.78, 5) is 1.51. The molecule has 1 aromatic heterocycles. The molecule has 1 unspecified atom stereocenters. The van der Waals surface area contributed by atoms with E-state index in [4.69, 9.17) is 0 Å². The SMILES string of the molecule is C=C(C)CCC(CCCc1cccs1)NCC. The highest BCUT2D eigenvalue weighted by atomic mass is 32.1. The summed E-state index contributed by atoms with van der Waals surface area (Å²) in [6, 6.07) is 5.04. The van der Waals surface area contributed by atoms with Gasteiger partial charge in [-0.25, -0.2) is 0 Å². The molecule has 17 heavy (non-hydrogen) atoms. The lowest BCUT2D eigenvalue weighted by Gasteiger charge is -2.17. The van der Waals surface area contributed by atoms with Gasteiger partial charge in [0.05, 0.1) is 0 Å². The standard InChI is InChI=1S/C15H25NS/c1-4-16-14(11-10-13(2)3)7-5-8-15-9-6-12-17-15/h6,9,12,14,16H,2,4-5,7-8,10-11H2,1,3H3. The number of allylic oxidation sites excluding steroid dienone is 1. The number of thiophene rings is 1. The predicted molar refractivity (Wildman–Crippen MR) is 78.8 cm³/mol. The van der Waals surface area contributed by atoms with E-state index in [0.29, 0.717) is 6.04 Å². The Morgan fingerprint density at radius 1 is 1.47 bits per heavy atom. The van der Waals surface area contributed by atoms with Gasteiger partial charge in [-0.1, -0.05) is 18.6 Å². The topological polar surface area (TPSA) is 12.0 Å². The molecule has 1 rings (SSSR count). The van der Waals surface area contributed by atoms with Crippen molar-refractivity contribution in [3.8, 4) is 0 Å². The summed E-state index contributed by atoms with van der Waals surface area (Å²) in [5, 5.41) is 5.75. The number of aryl methyl sites for hydroxylation is 1. The Kier molecular flexibility index (Phi) is 7.22. The predicted octanol–water partition coefficient (Wildman–Crippen LogP) is 4.41. The van der Waals surface area contributed by atoms with Crippen LogP contribution in [-0.4, -0.2) is 12.6 Å². The lowest BCUT2D eigenvalue weighted by atomic mass is 10.0. The lowest BCUT2D eigenvalue weighted by molar-refractivity contribution is 0.452. The number of hydrogen-bond donors (Lipinski definition) is 1. The van der Waals surface area contributed by atoms with Crippen molar-refractivity contribution >= 4 is 11.3 Å². The summed E-state index contributed by atoms with van der Waals surface area (Å²) in [6.07, 6.45) is 6.17. The smallest absolute Gasteiger partial charge is 0.00701 e. The third kappa shape index (κ3) is 6.64. The van der Waals surface area contributed by atoms with E-state index in [0.717, 1.165) is 13.0 Å². The monoisotopic (exact) mass is 251 g/mol. The van der Waals surface area contributed by atoms with Crippen molar-refractivity contribution in [3.05, 3.63) is 34.5 Å². The highest BCUT2D eigenvalue weighted by Crippen LogP contribution is 2.15. The molecule has 0 spiro atoms. The van der Waals surface area contributed by atoms with E-state index >= 15 is 0 Å². The molecule has 0 aliphatic rings. The summed E-state index contributed by atoms with van der Waals surface area (Å²) in [6.45, 7) is 9.36. The van der Waals surface area contributed by atoms with Crippen LogP contribution in [0, 0.1) is 0 Å². The molecule has 1 atom stereocenters. The van der Waals surface area contributed by atoms with Crippen LogP contribution in [0.1, 0.15) is 44.4 Å². The number of rotatable bonds is 9. The van der Waals surface area contributed by atoms with Gasteiger partial charge in [0.2, 0.25) is 0 Å². The van der Waals surface area contributed by atoms with Gasteiger partial charge in [-0.2, -0.15) is 0 Å². The van der Waals surface area contributed by atoms with Crippen LogP contribution in [0.25, 0.3) is 0 Å². The Balaban J connectivity index is 2.21. The maximum atomic E-state index is 3.98. The molecule has 0 bridgehead atoms. The van der Waals surface area contributed by atoms with E-state index in [1.807, 2.05) is 11.3 Å². The Labute approximate surface area is 110 Å². The highest BCUT2D eigenvalue weighted by Gasteiger charge is 2.07. The molecule has 0 saturated heterocycles. The van der Waals surface area contributed by atoms with E-state index in [-0.39, 0.29) is 0 Å². The second-order valence-corrected chi connectivity index (χ2v) is 5.75. The zero-order valence-corrected chi connectivity index (χ0v) is 12.0. The normalized spacial score (nSPS) is 12.6. The fourth-order valence-corrected chi connectivity index (χ4v) is 2.79. The number of nitrogens with one attached hydrogen (secondary N) is 1. The van der Waals surface area contributed by atoms with E-state index in [1.165, 1.54) is 36.1 Å². The second-order valence-electron chi connectivity index (χ2n) is 4.72. The van der Waals surface area contributed by atoms with Crippen LogP contribution in [0.15, 0.2) is 29.7 Å². The molecular weight excluding hydrogens is 226 g/mol. The minimum atomic E-state index is 0.664. The molecular formula is C15H25NS. The van der Waals surface area contributed by atoms with Crippen molar-refractivity contribution in [3.63, 3.8) is 0 Å². The third-order valence-corrected chi connectivity index (χ3v) is 3.90. The average Bonchev–Trinajstić information content (AvgIpc) is 2.78. The Morgan fingerprint density at radius 3 is 2.88 bits per heavy atom. The van der Waals surface area contributed by atoms with Crippen molar-refractivity contribution < 1.29 is 0 Å². The van der Waals surface area contributed by atoms with E-state index in [9.17, 15) is 0 Å². The van der Waals surface area contributed by atoms with Crippen LogP contribution in [0.4, 0.5) is 0 Å². The second kappa shape index (κ2) is 8.48. The molecule has 1 aromatic rings. The van der Waals surface area contributed by atoms with Gasteiger partial charge in [0.15, 0.2) is 0 Å². The Bertz CT molecular complexity index is 303. The third-order valence-electron chi connectivity index (χ3n) is 2.97. The van der Waals surface area contributed by atoms with Crippen molar-refractivity contribution in [2.75, 3.05) is 6.54 Å². The summed E-state index contributed by atoms with van der Waals surface area (Å²) in [5.74, 6) is 0.